The molecular formula is C11H23N3O3. The van der Waals surface area contributed by atoms with Gasteiger partial charge in [0.25, 0.3) is 0 Å². The van der Waals surface area contributed by atoms with Gasteiger partial charge in [0.1, 0.15) is 6.04 Å². The first-order chi connectivity index (χ1) is 8.02. The van der Waals surface area contributed by atoms with Gasteiger partial charge >= 0.3 is 12.0 Å². The van der Waals surface area contributed by atoms with Crippen LogP contribution in [0.15, 0.2) is 0 Å². The van der Waals surface area contributed by atoms with Crippen molar-refractivity contribution in [1.82, 2.24) is 15.5 Å². The van der Waals surface area contributed by atoms with Crippen LogP contribution in [0.4, 0.5) is 4.79 Å². The van der Waals surface area contributed by atoms with Crippen molar-refractivity contribution in [3.8, 4) is 0 Å². The van der Waals surface area contributed by atoms with Gasteiger partial charge in [0.15, 0.2) is 0 Å². The predicted octanol–water partition coefficient (Wildman–Crippen LogP) is 0.491. The number of hydrogen-bond donors (Lipinski definition) is 3. The number of aliphatic carboxylic acids is 1. The van der Waals surface area contributed by atoms with Crippen LogP contribution >= 0.6 is 0 Å². The van der Waals surface area contributed by atoms with Crippen LogP contribution in [0.3, 0.4) is 0 Å². The van der Waals surface area contributed by atoms with Crippen molar-refractivity contribution in [2.45, 2.75) is 32.2 Å². The summed E-state index contributed by atoms with van der Waals surface area (Å²) in [7, 11) is 3.44. The smallest absolute Gasteiger partial charge is 0.326 e. The Bertz CT molecular complexity index is 246. The minimum Gasteiger partial charge on any atom is -0.480 e. The second-order valence-corrected chi connectivity index (χ2v) is 4.01. The highest BCUT2D eigenvalue weighted by Gasteiger charge is 2.20. The van der Waals surface area contributed by atoms with Gasteiger partial charge in [-0.05, 0) is 13.5 Å². The first-order valence-electron chi connectivity index (χ1n) is 5.92. The van der Waals surface area contributed by atoms with Gasteiger partial charge in [-0.2, -0.15) is 0 Å². The standard InChI is InChI=1S/C11H23N3O3/c1-4-5-6-9(10(15)16)13-11(17)14(3)8-7-12-2/h9,12H,4-8H2,1-3H3,(H,13,17)(H,15,16). The second kappa shape index (κ2) is 8.81. The van der Waals surface area contributed by atoms with Crippen LogP contribution in [0.2, 0.25) is 0 Å². The third-order valence-corrected chi connectivity index (χ3v) is 2.49. The zero-order chi connectivity index (χ0) is 13.3. The number of unbranched alkanes of at least 4 members (excludes halogenated alkanes) is 1. The largest absolute Gasteiger partial charge is 0.480 e. The number of urea groups is 1. The molecule has 0 aromatic carbocycles. The Morgan fingerprint density at radius 2 is 2.06 bits per heavy atom. The molecule has 17 heavy (non-hydrogen) atoms. The van der Waals surface area contributed by atoms with E-state index in [2.05, 4.69) is 10.6 Å². The summed E-state index contributed by atoms with van der Waals surface area (Å²) in [5.74, 6) is -0.978. The topological polar surface area (TPSA) is 81.7 Å². The molecule has 0 heterocycles. The highest BCUT2D eigenvalue weighted by Crippen LogP contribution is 2.01. The summed E-state index contributed by atoms with van der Waals surface area (Å²) >= 11 is 0. The van der Waals surface area contributed by atoms with Gasteiger partial charge in [-0.3, -0.25) is 0 Å². The first kappa shape index (κ1) is 15.7. The molecule has 6 heteroatoms. The van der Waals surface area contributed by atoms with Crippen LogP contribution in [0, 0.1) is 0 Å². The van der Waals surface area contributed by atoms with Crippen molar-refractivity contribution < 1.29 is 14.7 Å². The van der Waals surface area contributed by atoms with E-state index >= 15 is 0 Å². The minimum absolute atomic E-state index is 0.344. The molecule has 1 unspecified atom stereocenters. The number of carboxylic acid groups (broad SMARTS) is 1. The molecule has 3 N–H and O–H groups in total. The number of nitrogens with zero attached hydrogens (tertiary/aromatic N) is 1. The van der Waals surface area contributed by atoms with Crippen LogP contribution in [0.5, 0.6) is 0 Å². The van der Waals surface area contributed by atoms with E-state index in [9.17, 15) is 9.59 Å². The first-order valence-corrected chi connectivity index (χ1v) is 5.92. The zero-order valence-electron chi connectivity index (χ0n) is 10.8. The van der Waals surface area contributed by atoms with Crippen LogP contribution in [0.25, 0.3) is 0 Å². The van der Waals surface area contributed by atoms with E-state index in [1.807, 2.05) is 6.92 Å². The van der Waals surface area contributed by atoms with Gasteiger partial charge in [-0.1, -0.05) is 19.8 Å². The number of rotatable bonds is 8. The molecule has 0 saturated carbocycles. The van der Waals surface area contributed by atoms with Gasteiger partial charge in [0, 0.05) is 20.1 Å². The molecule has 0 fully saturated rings. The lowest BCUT2D eigenvalue weighted by molar-refractivity contribution is -0.139. The molecule has 0 aliphatic carbocycles. The Balaban J connectivity index is 4.15. The lowest BCUT2D eigenvalue weighted by Crippen LogP contribution is -2.47. The summed E-state index contributed by atoms with van der Waals surface area (Å²) in [6, 6.07) is -1.14. The maximum atomic E-state index is 11.7. The quantitative estimate of drug-likeness (QED) is 0.581. The van der Waals surface area contributed by atoms with E-state index in [0.717, 1.165) is 12.8 Å². The predicted molar refractivity (Wildman–Crippen MR) is 66.0 cm³/mol. The molecule has 0 rings (SSSR count). The fourth-order valence-corrected chi connectivity index (χ4v) is 1.31. The third kappa shape index (κ3) is 6.78. The van der Waals surface area contributed by atoms with Crippen molar-refractivity contribution in [3.63, 3.8) is 0 Å². The number of nitrogens with one attached hydrogen (secondary N) is 2. The number of carboxylic acids is 1. The van der Waals surface area contributed by atoms with Crippen molar-refractivity contribution in [1.29, 1.82) is 0 Å². The fourth-order valence-electron chi connectivity index (χ4n) is 1.31. The average molecular weight is 245 g/mol. The van der Waals surface area contributed by atoms with E-state index in [1.165, 1.54) is 4.90 Å². The average Bonchev–Trinajstić information content (AvgIpc) is 2.30. The molecule has 0 radical (unpaired) electrons. The lowest BCUT2D eigenvalue weighted by Gasteiger charge is -2.21. The molecule has 0 aliphatic heterocycles. The highest BCUT2D eigenvalue weighted by atomic mass is 16.4. The number of carbonyl (C=O) groups excluding carboxylic acids is 1. The highest BCUT2D eigenvalue weighted by molar-refractivity contribution is 5.82. The number of likely N-dealkylation sites (N-methyl/N-ethyl adjacent to an activating group) is 2. The molecule has 0 aliphatic rings. The second-order valence-electron chi connectivity index (χ2n) is 4.01. The normalized spacial score (nSPS) is 11.9. The van der Waals surface area contributed by atoms with E-state index in [4.69, 9.17) is 5.11 Å². The van der Waals surface area contributed by atoms with Crippen molar-refractivity contribution in [3.05, 3.63) is 0 Å². The molecule has 0 aromatic heterocycles. The van der Waals surface area contributed by atoms with Crippen LogP contribution in [-0.4, -0.2) is 55.2 Å². The van der Waals surface area contributed by atoms with Gasteiger partial charge < -0.3 is 20.6 Å². The van der Waals surface area contributed by atoms with Crippen molar-refractivity contribution in [2.75, 3.05) is 27.2 Å². The van der Waals surface area contributed by atoms with E-state index in [1.54, 1.807) is 14.1 Å². The van der Waals surface area contributed by atoms with Crippen LogP contribution in [-0.2, 0) is 4.79 Å². The molecule has 6 nitrogen and oxygen atoms in total. The number of carbonyl (C=O) groups is 2. The molecule has 2 amide bonds. The molecule has 100 valence electrons. The summed E-state index contributed by atoms with van der Waals surface area (Å²) < 4.78 is 0. The molecule has 0 saturated heterocycles. The molecule has 0 spiro atoms. The Hall–Kier alpha value is -1.30. The molecular weight excluding hydrogens is 222 g/mol. The summed E-state index contributed by atoms with van der Waals surface area (Å²) in [5.41, 5.74) is 0. The zero-order valence-corrected chi connectivity index (χ0v) is 10.8. The monoisotopic (exact) mass is 245 g/mol. The molecule has 0 bridgehead atoms. The van der Waals surface area contributed by atoms with Gasteiger partial charge in [-0.25, -0.2) is 9.59 Å². The van der Waals surface area contributed by atoms with Crippen LogP contribution < -0.4 is 10.6 Å². The number of amides is 2. The van der Waals surface area contributed by atoms with Gasteiger partial charge in [-0.15, -0.1) is 0 Å². The van der Waals surface area contributed by atoms with Gasteiger partial charge in [0.05, 0.1) is 0 Å². The minimum atomic E-state index is -0.978. The Morgan fingerprint density at radius 3 is 2.53 bits per heavy atom. The fraction of sp³-hybridized carbons (Fsp3) is 0.818. The van der Waals surface area contributed by atoms with Crippen LogP contribution in [0.1, 0.15) is 26.2 Å². The number of hydrogen-bond acceptors (Lipinski definition) is 3. The van der Waals surface area contributed by atoms with E-state index in [-0.39, 0.29) is 6.03 Å². The Labute approximate surface area is 102 Å². The van der Waals surface area contributed by atoms with Gasteiger partial charge in [0.2, 0.25) is 0 Å². The summed E-state index contributed by atoms with van der Waals surface area (Å²) in [5, 5.41) is 14.4. The maximum Gasteiger partial charge on any atom is 0.326 e. The Kier molecular flexibility index (Phi) is 8.13. The van der Waals surface area contributed by atoms with Crippen molar-refractivity contribution in [2.24, 2.45) is 0 Å². The third-order valence-electron chi connectivity index (χ3n) is 2.49. The molecule has 1 atom stereocenters. The van der Waals surface area contributed by atoms with E-state index < -0.39 is 12.0 Å². The summed E-state index contributed by atoms with van der Waals surface area (Å²) in [6.45, 7) is 3.21. The Morgan fingerprint density at radius 1 is 1.41 bits per heavy atom. The lowest BCUT2D eigenvalue weighted by atomic mass is 10.1. The molecule has 0 aromatic rings. The maximum absolute atomic E-state index is 11.7. The SMILES string of the molecule is CCCCC(NC(=O)N(C)CCNC)C(=O)O. The van der Waals surface area contributed by atoms with E-state index in [0.29, 0.717) is 19.5 Å². The summed E-state index contributed by atoms with van der Waals surface area (Å²) in [4.78, 5) is 24.1. The van der Waals surface area contributed by atoms with Crippen molar-refractivity contribution >= 4 is 12.0 Å². The summed E-state index contributed by atoms with van der Waals surface area (Å²) in [6.07, 6.45) is 2.17.